The Morgan fingerprint density at radius 1 is 1.13 bits per heavy atom. The van der Waals surface area contributed by atoms with Crippen LogP contribution in [0.2, 0.25) is 0 Å². The standard InChI is InChI=1S/C22H18F3N3O2S/c23-22(24,25)16-5-3-4-14(10-16)11-27-20(29)19-13-28(21(30)31-19)9-8-15-12-26-18-7-2-1-6-17(15)18/h1-7,10,12-13,26H,8-9,11H2,(H,27,29). The van der Waals surface area contributed by atoms with Gasteiger partial charge in [-0.15, -0.1) is 0 Å². The second kappa shape index (κ2) is 8.43. The normalized spacial score (nSPS) is 11.7. The first-order valence-corrected chi connectivity index (χ1v) is 10.3. The Balaban J connectivity index is 1.40. The number of aromatic nitrogens is 2. The SMILES string of the molecule is O=C(NCc1cccc(C(F)(F)F)c1)c1cn(CCc2c[nH]c3ccccc23)c(=O)s1. The van der Waals surface area contributed by atoms with Gasteiger partial charge in [0, 0.05) is 36.4 Å². The highest BCUT2D eigenvalue weighted by atomic mass is 32.1. The smallest absolute Gasteiger partial charge is 0.361 e. The van der Waals surface area contributed by atoms with Crippen LogP contribution in [0.15, 0.2) is 65.7 Å². The number of hydrogen-bond acceptors (Lipinski definition) is 3. The van der Waals surface area contributed by atoms with Crippen LogP contribution < -0.4 is 10.2 Å². The maximum Gasteiger partial charge on any atom is 0.416 e. The summed E-state index contributed by atoms with van der Waals surface area (Å²) >= 11 is 0.813. The highest BCUT2D eigenvalue weighted by Crippen LogP contribution is 2.29. The zero-order chi connectivity index (χ0) is 22.0. The molecular weight excluding hydrogens is 427 g/mol. The van der Waals surface area contributed by atoms with Crippen LogP contribution in [0.1, 0.15) is 26.4 Å². The molecule has 0 saturated heterocycles. The number of amides is 1. The summed E-state index contributed by atoms with van der Waals surface area (Å²) in [7, 11) is 0. The number of fused-ring (bicyclic) bond motifs is 1. The van der Waals surface area contributed by atoms with Crippen molar-refractivity contribution in [3.8, 4) is 0 Å². The van der Waals surface area contributed by atoms with Crippen molar-refractivity contribution in [3.63, 3.8) is 0 Å². The Labute approximate surface area is 179 Å². The lowest BCUT2D eigenvalue weighted by Crippen LogP contribution is -2.22. The van der Waals surface area contributed by atoms with Gasteiger partial charge in [-0.25, -0.2) is 0 Å². The van der Waals surface area contributed by atoms with Crippen LogP contribution >= 0.6 is 11.3 Å². The Kier molecular flexibility index (Phi) is 5.69. The molecule has 0 atom stereocenters. The first kappa shape index (κ1) is 20.9. The number of carbonyl (C=O) groups excluding carboxylic acids is 1. The molecule has 0 aliphatic heterocycles. The molecule has 0 spiro atoms. The van der Waals surface area contributed by atoms with E-state index in [4.69, 9.17) is 0 Å². The fourth-order valence-electron chi connectivity index (χ4n) is 3.34. The highest BCUT2D eigenvalue weighted by Gasteiger charge is 2.30. The van der Waals surface area contributed by atoms with Crippen molar-refractivity contribution in [2.45, 2.75) is 25.7 Å². The molecule has 4 aromatic rings. The fraction of sp³-hybridized carbons (Fsp3) is 0.182. The molecule has 9 heteroatoms. The van der Waals surface area contributed by atoms with E-state index < -0.39 is 17.6 Å². The van der Waals surface area contributed by atoms with E-state index >= 15 is 0 Å². The molecule has 0 bridgehead atoms. The van der Waals surface area contributed by atoms with Crippen molar-refractivity contribution in [1.82, 2.24) is 14.9 Å². The molecule has 160 valence electrons. The number of halogens is 3. The number of thiazole rings is 1. The van der Waals surface area contributed by atoms with E-state index in [1.54, 1.807) is 0 Å². The van der Waals surface area contributed by atoms with Gasteiger partial charge in [-0.3, -0.25) is 9.59 Å². The van der Waals surface area contributed by atoms with Crippen molar-refractivity contribution >= 4 is 28.1 Å². The monoisotopic (exact) mass is 445 g/mol. The van der Waals surface area contributed by atoms with Crippen molar-refractivity contribution in [2.24, 2.45) is 0 Å². The molecule has 0 aliphatic carbocycles. The first-order valence-electron chi connectivity index (χ1n) is 9.51. The number of rotatable bonds is 6. The molecule has 2 N–H and O–H groups in total. The summed E-state index contributed by atoms with van der Waals surface area (Å²) in [5.74, 6) is -0.495. The number of carbonyl (C=O) groups is 1. The molecular formula is C22H18F3N3O2S. The van der Waals surface area contributed by atoms with Gasteiger partial charge in [-0.1, -0.05) is 41.7 Å². The quantitative estimate of drug-likeness (QED) is 0.456. The van der Waals surface area contributed by atoms with Gasteiger partial charge in [0.25, 0.3) is 5.91 Å². The molecule has 0 unspecified atom stereocenters. The van der Waals surface area contributed by atoms with Gasteiger partial charge in [-0.2, -0.15) is 13.2 Å². The lowest BCUT2D eigenvalue weighted by atomic mass is 10.1. The molecule has 2 heterocycles. The van der Waals surface area contributed by atoms with Gasteiger partial charge < -0.3 is 14.9 Å². The van der Waals surface area contributed by atoms with E-state index in [2.05, 4.69) is 10.3 Å². The van der Waals surface area contributed by atoms with Gasteiger partial charge in [0.05, 0.1) is 5.56 Å². The maximum absolute atomic E-state index is 12.8. The Morgan fingerprint density at radius 3 is 2.74 bits per heavy atom. The zero-order valence-corrected chi connectivity index (χ0v) is 17.0. The van der Waals surface area contributed by atoms with E-state index in [0.717, 1.165) is 39.9 Å². The van der Waals surface area contributed by atoms with Crippen molar-refractivity contribution in [2.75, 3.05) is 0 Å². The third-order valence-electron chi connectivity index (χ3n) is 4.93. The van der Waals surface area contributed by atoms with Gasteiger partial charge in [-0.05, 0) is 35.7 Å². The van der Waals surface area contributed by atoms with E-state index in [0.29, 0.717) is 18.5 Å². The number of aryl methyl sites for hydroxylation is 2. The first-order chi connectivity index (χ1) is 14.8. The van der Waals surface area contributed by atoms with Crippen LogP contribution in [0.3, 0.4) is 0 Å². The van der Waals surface area contributed by atoms with E-state index in [-0.39, 0.29) is 16.3 Å². The van der Waals surface area contributed by atoms with Crippen LogP contribution in [0, 0.1) is 0 Å². The summed E-state index contributed by atoms with van der Waals surface area (Å²) < 4.78 is 39.9. The third-order valence-corrected chi connectivity index (χ3v) is 5.85. The van der Waals surface area contributed by atoms with Gasteiger partial charge in [0.2, 0.25) is 0 Å². The number of aromatic amines is 1. The van der Waals surface area contributed by atoms with Crippen molar-refractivity contribution in [1.29, 1.82) is 0 Å². The Morgan fingerprint density at radius 2 is 1.94 bits per heavy atom. The second-order valence-corrected chi connectivity index (χ2v) is 8.04. The minimum absolute atomic E-state index is 0.0653. The summed E-state index contributed by atoms with van der Waals surface area (Å²) in [6, 6.07) is 12.6. The summed E-state index contributed by atoms with van der Waals surface area (Å²) in [4.78, 5) is 27.8. The second-order valence-electron chi connectivity index (χ2n) is 7.05. The van der Waals surface area contributed by atoms with Crippen LogP contribution in [-0.4, -0.2) is 15.5 Å². The minimum Gasteiger partial charge on any atom is -0.361 e. The van der Waals surface area contributed by atoms with Crippen molar-refractivity contribution < 1.29 is 18.0 Å². The number of H-pyrrole nitrogens is 1. The predicted molar refractivity (Wildman–Crippen MR) is 113 cm³/mol. The lowest BCUT2D eigenvalue weighted by molar-refractivity contribution is -0.137. The number of nitrogens with one attached hydrogen (secondary N) is 2. The van der Waals surface area contributed by atoms with E-state index in [1.165, 1.54) is 22.9 Å². The summed E-state index contributed by atoms with van der Waals surface area (Å²) in [6.45, 7) is 0.349. The molecule has 1 amide bonds. The van der Waals surface area contributed by atoms with Crippen LogP contribution in [0.25, 0.3) is 10.9 Å². The van der Waals surface area contributed by atoms with Crippen LogP contribution in [0.4, 0.5) is 13.2 Å². The maximum atomic E-state index is 12.8. The molecule has 0 aliphatic rings. The minimum atomic E-state index is -4.44. The lowest BCUT2D eigenvalue weighted by Gasteiger charge is -2.09. The van der Waals surface area contributed by atoms with Gasteiger partial charge >= 0.3 is 11.0 Å². The van der Waals surface area contributed by atoms with Gasteiger partial charge in [0.15, 0.2) is 0 Å². The molecule has 4 rings (SSSR count). The number of hydrogen-bond donors (Lipinski definition) is 2. The van der Waals surface area contributed by atoms with Crippen molar-refractivity contribution in [3.05, 3.63) is 92.2 Å². The molecule has 2 aromatic heterocycles. The summed E-state index contributed by atoms with van der Waals surface area (Å²) in [6.07, 6.45) is -0.429. The fourth-order valence-corrected chi connectivity index (χ4v) is 4.13. The molecule has 0 radical (unpaired) electrons. The number of nitrogens with zero attached hydrogens (tertiary/aromatic N) is 1. The number of alkyl halides is 3. The Bertz CT molecular complexity index is 1290. The zero-order valence-electron chi connectivity index (χ0n) is 16.2. The molecule has 0 fully saturated rings. The summed E-state index contributed by atoms with van der Waals surface area (Å²) in [5, 5.41) is 3.66. The van der Waals surface area contributed by atoms with E-state index in [1.807, 2.05) is 30.5 Å². The average Bonchev–Trinajstić information content (AvgIpc) is 3.33. The molecule has 2 aromatic carbocycles. The topological polar surface area (TPSA) is 66.9 Å². The van der Waals surface area contributed by atoms with E-state index in [9.17, 15) is 22.8 Å². The summed E-state index contributed by atoms with van der Waals surface area (Å²) in [5.41, 5.74) is 1.65. The van der Waals surface area contributed by atoms with Crippen LogP contribution in [0.5, 0.6) is 0 Å². The number of para-hydroxylation sites is 1. The molecule has 31 heavy (non-hydrogen) atoms. The van der Waals surface area contributed by atoms with Crippen LogP contribution in [-0.2, 0) is 25.7 Å². The third kappa shape index (κ3) is 4.72. The molecule has 5 nitrogen and oxygen atoms in total. The largest absolute Gasteiger partial charge is 0.416 e. The number of benzene rings is 2. The highest BCUT2D eigenvalue weighted by molar-refractivity contribution is 7.11. The predicted octanol–water partition coefficient (Wildman–Crippen LogP) is 4.58. The average molecular weight is 445 g/mol. The Hall–Kier alpha value is -3.33. The van der Waals surface area contributed by atoms with Gasteiger partial charge in [0.1, 0.15) is 4.88 Å². The molecule has 0 saturated carbocycles.